The molecule has 17 heavy (non-hydrogen) atoms. The van der Waals surface area contributed by atoms with Crippen molar-refractivity contribution in [2.45, 2.75) is 13.3 Å². The lowest BCUT2D eigenvalue weighted by Gasteiger charge is -2.17. The quantitative estimate of drug-likeness (QED) is 0.593. The van der Waals surface area contributed by atoms with Gasteiger partial charge in [-0.2, -0.15) is 0 Å². The van der Waals surface area contributed by atoms with Crippen molar-refractivity contribution in [2.24, 2.45) is 0 Å². The van der Waals surface area contributed by atoms with Crippen molar-refractivity contribution in [3.8, 4) is 0 Å². The fraction of sp³-hybridized carbons (Fsp3) is 0.231. The summed E-state index contributed by atoms with van der Waals surface area (Å²) < 4.78 is 13.7. The first-order valence-corrected chi connectivity index (χ1v) is 5.37. The first-order chi connectivity index (χ1) is 8.06. The number of fused-ring (bicyclic) bond motifs is 1. The number of Topliss-reactive ketones (excluding diaryl/α,β-unsaturated/α-hetero) is 1. The highest BCUT2D eigenvalue weighted by Crippen LogP contribution is 2.32. The van der Waals surface area contributed by atoms with E-state index in [0.29, 0.717) is 6.42 Å². The molecule has 88 valence electrons. The third kappa shape index (κ3) is 1.75. The molecule has 0 fully saturated rings. The first-order valence-electron chi connectivity index (χ1n) is 5.37. The summed E-state index contributed by atoms with van der Waals surface area (Å²) in [6, 6.07) is 4.14. The maximum atomic E-state index is 13.7. The molecule has 0 radical (unpaired) electrons. The first kappa shape index (κ1) is 11.5. The molecule has 1 aliphatic rings. The van der Waals surface area contributed by atoms with Crippen LogP contribution >= 0.6 is 0 Å². The van der Waals surface area contributed by atoms with Gasteiger partial charge in [0.15, 0.2) is 0 Å². The minimum atomic E-state index is -0.681. The Labute approximate surface area is 98.5 Å². The van der Waals surface area contributed by atoms with Crippen molar-refractivity contribution < 1.29 is 14.0 Å². The van der Waals surface area contributed by atoms with Crippen LogP contribution in [-0.4, -0.2) is 18.2 Å². The smallest absolute Gasteiger partial charge is 0.298 e. The minimum Gasteiger partial charge on any atom is -0.298 e. The molecular weight excluding hydrogens is 221 g/mol. The molecule has 1 heterocycles. The number of carbonyl (C=O) groups is 2. The van der Waals surface area contributed by atoms with Crippen LogP contribution in [0.2, 0.25) is 0 Å². The predicted molar refractivity (Wildman–Crippen MR) is 62.5 cm³/mol. The molecule has 2 rings (SSSR count). The lowest BCUT2D eigenvalue weighted by molar-refractivity contribution is -0.114. The third-order valence-corrected chi connectivity index (χ3v) is 2.82. The number of anilines is 1. The Bertz CT molecular complexity index is 522. The second kappa shape index (κ2) is 4.13. The number of carbonyl (C=O) groups excluding carboxylic acids is 2. The van der Waals surface area contributed by atoms with E-state index < -0.39 is 17.5 Å². The van der Waals surface area contributed by atoms with Crippen LogP contribution in [0.5, 0.6) is 0 Å². The van der Waals surface area contributed by atoms with Gasteiger partial charge in [-0.15, -0.1) is 0 Å². The van der Waals surface area contributed by atoms with Crippen molar-refractivity contribution in [3.63, 3.8) is 0 Å². The van der Waals surface area contributed by atoms with E-state index in [-0.39, 0.29) is 17.8 Å². The van der Waals surface area contributed by atoms with E-state index in [1.165, 1.54) is 23.1 Å². The van der Waals surface area contributed by atoms with E-state index in [1.807, 2.05) is 6.92 Å². The van der Waals surface area contributed by atoms with E-state index in [1.54, 1.807) is 0 Å². The Morgan fingerprint density at radius 2 is 2.12 bits per heavy atom. The Kier molecular flexibility index (Phi) is 2.79. The highest BCUT2D eigenvalue weighted by molar-refractivity contribution is 6.52. The Balaban J connectivity index is 2.47. The van der Waals surface area contributed by atoms with Gasteiger partial charge in [0.2, 0.25) is 0 Å². The van der Waals surface area contributed by atoms with Crippen molar-refractivity contribution in [1.82, 2.24) is 0 Å². The molecule has 0 saturated heterocycles. The van der Waals surface area contributed by atoms with Crippen LogP contribution in [0.4, 0.5) is 10.1 Å². The largest absolute Gasteiger partial charge is 0.299 e. The number of rotatable bonds is 3. The summed E-state index contributed by atoms with van der Waals surface area (Å²) in [5.41, 5.74) is 0.998. The van der Waals surface area contributed by atoms with E-state index >= 15 is 0 Å². The molecule has 0 atom stereocenters. The Morgan fingerprint density at radius 3 is 2.76 bits per heavy atom. The lowest BCUT2D eigenvalue weighted by atomic mass is 10.1. The molecule has 0 saturated carbocycles. The summed E-state index contributed by atoms with van der Waals surface area (Å²) in [4.78, 5) is 24.5. The van der Waals surface area contributed by atoms with E-state index in [9.17, 15) is 14.0 Å². The monoisotopic (exact) mass is 233 g/mol. The minimum absolute atomic E-state index is 0.0806. The number of halogens is 1. The number of hydrogen-bond donors (Lipinski definition) is 0. The summed E-state index contributed by atoms with van der Waals surface area (Å²) >= 11 is 0. The third-order valence-electron chi connectivity index (χ3n) is 2.82. The predicted octanol–water partition coefficient (Wildman–Crippen LogP) is 2.32. The van der Waals surface area contributed by atoms with Gasteiger partial charge >= 0.3 is 0 Å². The van der Waals surface area contributed by atoms with E-state index in [2.05, 4.69) is 6.58 Å². The van der Waals surface area contributed by atoms with Crippen molar-refractivity contribution in [2.75, 3.05) is 11.4 Å². The molecule has 1 amide bonds. The van der Waals surface area contributed by atoms with Crippen LogP contribution in [0.1, 0.15) is 23.7 Å². The van der Waals surface area contributed by atoms with Gasteiger partial charge in [0.1, 0.15) is 5.82 Å². The fourth-order valence-corrected chi connectivity index (χ4v) is 1.80. The lowest BCUT2D eigenvalue weighted by Crippen LogP contribution is -2.31. The molecular formula is C13H12FNO2. The molecule has 0 aliphatic carbocycles. The maximum absolute atomic E-state index is 13.7. The fourth-order valence-electron chi connectivity index (χ4n) is 1.80. The number of hydrogen-bond acceptors (Lipinski definition) is 2. The van der Waals surface area contributed by atoms with Gasteiger partial charge in [0.05, 0.1) is 11.3 Å². The Hall–Kier alpha value is -1.97. The molecule has 1 aliphatic heterocycles. The van der Waals surface area contributed by atoms with Crippen LogP contribution in [0.25, 0.3) is 0 Å². The van der Waals surface area contributed by atoms with E-state index in [4.69, 9.17) is 0 Å². The summed E-state index contributed by atoms with van der Waals surface area (Å²) in [6.07, 6.45) is 0.682. The summed E-state index contributed by atoms with van der Waals surface area (Å²) in [6.45, 7) is 5.86. The van der Waals surface area contributed by atoms with Crippen LogP contribution in [-0.2, 0) is 4.79 Å². The molecule has 0 aromatic heterocycles. The SMILES string of the molecule is C=C(CC)CN1C(=O)C(=O)c2cccc(F)c21. The molecule has 1 aromatic rings. The summed E-state index contributed by atoms with van der Waals surface area (Å²) in [5, 5.41) is 0. The second-order valence-corrected chi connectivity index (χ2v) is 3.96. The standard InChI is InChI=1S/C13H12FNO2/c1-3-8(2)7-15-11-9(12(16)13(15)17)5-4-6-10(11)14/h4-6H,2-3,7H2,1H3. The molecule has 0 unspecified atom stereocenters. The van der Waals surface area contributed by atoms with Gasteiger partial charge in [-0.3, -0.25) is 14.5 Å². The average molecular weight is 233 g/mol. The molecule has 3 nitrogen and oxygen atoms in total. The van der Waals surface area contributed by atoms with Gasteiger partial charge in [-0.1, -0.05) is 25.1 Å². The molecule has 0 N–H and O–H groups in total. The van der Waals surface area contributed by atoms with Gasteiger partial charge in [0.25, 0.3) is 11.7 Å². The van der Waals surface area contributed by atoms with Crippen LogP contribution < -0.4 is 4.90 Å². The van der Waals surface area contributed by atoms with Crippen LogP contribution in [0.3, 0.4) is 0 Å². The normalized spacial score (nSPS) is 14.1. The topological polar surface area (TPSA) is 37.4 Å². The highest BCUT2D eigenvalue weighted by Gasteiger charge is 2.37. The number of benzene rings is 1. The number of nitrogens with zero attached hydrogens (tertiary/aromatic N) is 1. The van der Waals surface area contributed by atoms with Gasteiger partial charge in [-0.25, -0.2) is 4.39 Å². The zero-order valence-corrected chi connectivity index (χ0v) is 9.50. The number of ketones is 1. The van der Waals surface area contributed by atoms with E-state index in [0.717, 1.165) is 5.57 Å². The van der Waals surface area contributed by atoms with Gasteiger partial charge < -0.3 is 0 Å². The average Bonchev–Trinajstić information content (AvgIpc) is 2.56. The van der Waals surface area contributed by atoms with Crippen LogP contribution in [0, 0.1) is 5.82 Å². The summed E-state index contributed by atoms with van der Waals surface area (Å²) in [7, 11) is 0. The van der Waals surface area contributed by atoms with Gasteiger partial charge in [-0.05, 0) is 18.6 Å². The zero-order chi connectivity index (χ0) is 12.6. The number of para-hydroxylation sites is 1. The van der Waals surface area contributed by atoms with Crippen molar-refractivity contribution in [3.05, 3.63) is 41.7 Å². The van der Waals surface area contributed by atoms with Crippen LogP contribution in [0.15, 0.2) is 30.4 Å². The summed E-state index contributed by atoms with van der Waals surface area (Å²) in [5.74, 6) is -1.88. The molecule has 0 spiro atoms. The highest BCUT2D eigenvalue weighted by atomic mass is 19.1. The second-order valence-electron chi connectivity index (χ2n) is 3.96. The van der Waals surface area contributed by atoms with Gasteiger partial charge in [0, 0.05) is 6.54 Å². The zero-order valence-electron chi connectivity index (χ0n) is 9.50. The van der Waals surface area contributed by atoms with Crippen molar-refractivity contribution >= 4 is 17.4 Å². The molecule has 0 bridgehead atoms. The van der Waals surface area contributed by atoms with Crippen molar-refractivity contribution in [1.29, 1.82) is 0 Å². The molecule has 1 aromatic carbocycles. The maximum Gasteiger partial charge on any atom is 0.299 e. The Morgan fingerprint density at radius 1 is 1.41 bits per heavy atom. The molecule has 4 heteroatoms. The number of amides is 1.